The highest BCUT2D eigenvalue weighted by atomic mass is 32.2. The fourth-order valence-corrected chi connectivity index (χ4v) is 6.00. The van der Waals surface area contributed by atoms with Gasteiger partial charge in [0.15, 0.2) is 5.76 Å². The van der Waals surface area contributed by atoms with Gasteiger partial charge in [-0.1, -0.05) is 13.8 Å². The van der Waals surface area contributed by atoms with Crippen molar-refractivity contribution in [2.45, 2.75) is 101 Å². The fraction of sp³-hybridized carbons (Fsp3) is 0.840. The molecule has 2 aliphatic rings. The molecule has 3 heterocycles. The van der Waals surface area contributed by atoms with Gasteiger partial charge in [-0.3, -0.25) is 14.1 Å². The molecular weight excluding hydrogens is 507 g/mol. The van der Waals surface area contributed by atoms with Crippen LogP contribution in [0.4, 0.5) is 4.39 Å². The Balaban J connectivity index is 1.81. The van der Waals surface area contributed by atoms with Crippen LogP contribution in [0.15, 0.2) is 13.6 Å². The number of aliphatic hydroxyl groups excluding tert-OH is 3. The van der Waals surface area contributed by atoms with E-state index in [1.807, 2.05) is 18.7 Å². The molecule has 4 N–H and O–H groups in total. The number of aliphatic hydroxyl groups is 3. The lowest BCUT2D eigenvalue weighted by Crippen LogP contribution is -2.64. The van der Waals surface area contributed by atoms with Crippen LogP contribution >= 0.6 is 11.8 Å². The number of nitrogens with zero attached hydrogens (tertiary/aromatic N) is 1. The van der Waals surface area contributed by atoms with E-state index >= 15 is 0 Å². The molecule has 0 saturated carbocycles. The summed E-state index contributed by atoms with van der Waals surface area (Å²) in [4.78, 5) is 27.3. The number of thioether (sulfide) groups is 1. The lowest BCUT2D eigenvalue weighted by molar-refractivity contribution is -0.208. The normalized spacial score (nSPS) is 32.3. The summed E-state index contributed by atoms with van der Waals surface area (Å²) >= 11 is 1.22. The SMILES string of the molecule is CS[C@H]1O[C@H]([C@H](NC(=O)[C@@H]2CC[C@H](CCCF)CCN2Cc2oc(=O)oc2C)C(C)C)[C@H](O)C(O)[C@H]1O. The molecule has 12 heteroatoms. The number of nitrogens with one attached hydrogen (secondary N) is 1. The van der Waals surface area contributed by atoms with Gasteiger partial charge in [0.2, 0.25) is 5.91 Å². The fourth-order valence-electron chi connectivity index (χ4n) is 5.32. The number of ether oxygens (including phenoxy) is 1. The predicted octanol–water partition coefficient (Wildman–Crippen LogP) is 1.57. The van der Waals surface area contributed by atoms with Crippen LogP contribution < -0.4 is 11.1 Å². The maximum atomic E-state index is 13.7. The van der Waals surface area contributed by atoms with Gasteiger partial charge in [0.1, 0.15) is 35.6 Å². The number of carbonyl (C=O) groups excluding carboxylic acids is 1. The highest BCUT2D eigenvalue weighted by Gasteiger charge is 2.48. The molecule has 2 fully saturated rings. The van der Waals surface area contributed by atoms with Crippen molar-refractivity contribution < 1.29 is 38.1 Å². The van der Waals surface area contributed by atoms with Gasteiger partial charge in [-0.05, 0) is 63.7 Å². The van der Waals surface area contributed by atoms with Crippen LogP contribution in [0.1, 0.15) is 57.5 Å². The lowest BCUT2D eigenvalue weighted by atomic mass is 9.88. The smallest absolute Gasteiger partial charge is 0.396 e. The molecule has 1 amide bonds. The third kappa shape index (κ3) is 7.36. The maximum absolute atomic E-state index is 13.7. The second-order valence-corrected chi connectivity index (χ2v) is 11.4. The Hall–Kier alpha value is -1.44. The number of halogens is 1. The van der Waals surface area contributed by atoms with Crippen molar-refractivity contribution >= 4 is 17.7 Å². The van der Waals surface area contributed by atoms with E-state index in [1.165, 1.54) is 11.8 Å². The van der Waals surface area contributed by atoms with Gasteiger partial charge in [-0.15, -0.1) is 11.8 Å². The minimum atomic E-state index is -1.41. The van der Waals surface area contributed by atoms with Crippen LogP contribution in [-0.4, -0.2) is 87.5 Å². The van der Waals surface area contributed by atoms with Gasteiger partial charge < -0.3 is 34.2 Å². The van der Waals surface area contributed by atoms with Crippen molar-refractivity contribution in [2.24, 2.45) is 11.8 Å². The van der Waals surface area contributed by atoms with Crippen LogP contribution in [-0.2, 0) is 16.1 Å². The Kier molecular flexibility index (Phi) is 11.0. The van der Waals surface area contributed by atoms with Crippen molar-refractivity contribution in [3.05, 3.63) is 22.1 Å². The molecular formula is C25H41FN2O8S. The lowest BCUT2D eigenvalue weighted by Gasteiger charge is -2.44. The van der Waals surface area contributed by atoms with Crippen LogP contribution in [0.2, 0.25) is 0 Å². The molecule has 212 valence electrons. The van der Waals surface area contributed by atoms with E-state index in [9.17, 15) is 29.3 Å². The Morgan fingerprint density at radius 3 is 2.49 bits per heavy atom. The second kappa shape index (κ2) is 13.6. The summed E-state index contributed by atoms with van der Waals surface area (Å²) in [7, 11) is 0. The third-order valence-electron chi connectivity index (χ3n) is 7.56. The zero-order valence-electron chi connectivity index (χ0n) is 22.0. The number of hydrogen-bond donors (Lipinski definition) is 4. The minimum Gasteiger partial charge on any atom is -0.396 e. The second-order valence-electron chi connectivity index (χ2n) is 10.4. The molecule has 37 heavy (non-hydrogen) atoms. The number of alkyl halides is 1. The number of likely N-dealkylation sites (tertiary alicyclic amines) is 1. The highest BCUT2D eigenvalue weighted by molar-refractivity contribution is 7.99. The molecule has 0 spiro atoms. The molecule has 1 aromatic rings. The quantitative estimate of drug-likeness (QED) is 0.340. The van der Waals surface area contributed by atoms with E-state index in [2.05, 4.69) is 5.32 Å². The number of aryl methyl sites for hydroxylation is 1. The monoisotopic (exact) mass is 548 g/mol. The standard InChI is InChI=1S/C25H41FN2O8S/c1-13(2)18(22-20(30)19(29)21(31)24(36-22)37-4)27-23(32)16-8-7-15(6-5-10-26)9-11-28(16)12-17-14(3)34-25(33)35-17/h13,15-16,18-22,24,29-31H,5-12H2,1-4H3,(H,27,32)/t15-,16-,18+,19?,20+,21+,22+,24+/m0/s1. The largest absolute Gasteiger partial charge is 0.519 e. The van der Waals surface area contributed by atoms with Crippen molar-refractivity contribution in [3.63, 3.8) is 0 Å². The van der Waals surface area contributed by atoms with Crippen molar-refractivity contribution in [1.82, 2.24) is 10.2 Å². The molecule has 0 bridgehead atoms. The molecule has 1 aromatic heterocycles. The third-order valence-corrected chi connectivity index (χ3v) is 8.42. The average Bonchev–Trinajstić information content (AvgIpc) is 3.04. The topological polar surface area (TPSA) is 146 Å². The van der Waals surface area contributed by atoms with E-state index in [-0.39, 0.29) is 31.0 Å². The Morgan fingerprint density at radius 2 is 1.89 bits per heavy atom. The summed E-state index contributed by atoms with van der Waals surface area (Å²) in [5.74, 6) is -0.230. The number of carbonyl (C=O) groups is 1. The predicted molar refractivity (Wildman–Crippen MR) is 136 cm³/mol. The van der Waals surface area contributed by atoms with Gasteiger partial charge in [0.05, 0.1) is 25.3 Å². The van der Waals surface area contributed by atoms with E-state index in [0.29, 0.717) is 30.9 Å². The first-order chi connectivity index (χ1) is 17.6. The van der Waals surface area contributed by atoms with E-state index in [0.717, 1.165) is 19.3 Å². The van der Waals surface area contributed by atoms with Gasteiger partial charge in [0, 0.05) is 0 Å². The Labute approximate surface area is 220 Å². The molecule has 8 atom stereocenters. The zero-order chi connectivity index (χ0) is 27.3. The van der Waals surface area contributed by atoms with Crippen LogP contribution in [0.5, 0.6) is 0 Å². The summed E-state index contributed by atoms with van der Waals surface area (Å²) in [6.45, 7) is 5.79. The molecule has 2 aliphatic heterocycles. The number of rotatable bonds is 10. The summed E-state index contributed by atoms with van der Waals surface area (Å²) in [5.41, 5.74) is -0.751. The molecule has 2 saturated heterocycles. The van der Waals surface area contributed by atoms with Gasteiger partial charge >= 0.3 is 5.82 Å². The first-order valence-electron chi connectivity index (χ1n) is 13.0. The Morgan fingerprint density at radius 1 is 1.16 bits per heavy atom. The van der Waals surface area contributed by atoms with Crippen molar-refractivity contribution in [2.75, 3.05) is 19.5 Å². The van der Waals surface area contributed by atoms with Crippen molar-refractivity contribution in [1.29, 1.82) is 0 Å². The zero-order valence-corrected chi connectivity index (χ0v) is 22.8. The molecule has 0 radical (unpaired) electrons. The Bertz CT molecular complexity index is 925. The highest BCUT2D eigenvalue weighted by Crippen LogP contribution is 2.31. The van der Waals surface area contributed by atoms with Crippen LogP contribution in [0.25, 0.3) is 0 Å². The first-order valence-corrected chi connectivity index (χ1v) is 14.3. The summed E-state index contributed by atoms with van der Waals surface area (Å²) in [5, 5.41) is 34.4. The van der Waals surface area contributed by atoms with E-state index in [4.69, 9.17) is 13.6 Å². The summed E-state index contributed by atoms with van der Waals surface area (Å²) in [6, 6.07) is -1.20. The molecule has 10 nitrogen and oxygen atoms in total. The van der Waals surface area contributed by atoms with Gasteiger partial charge in [-0.2, -0.15) is 0 Å². The molecule has 3 rings (SSSR count). The molecule has 0 aliphatic carbocycles. The van der Waals surface area contributed by atoms with Gasteiger partial charge in [-0.25, -0.2) is 4.79 Å². The average molecular weight is 549 g/mol. The van der Waals surface area contributed by atoms with Crippen LogP contribution in [0.3, 0.4) is 0 Å². The molecule has 1 unspecified atom stereocenters. The first kappa shape index (κ1) is 30.1. The van der Waals surface area contributed by atoms with Crippen molar-refractivity contribution in [3.8, 4) is 0 Å². The summed E-state index contributed by atoms with van der Waals surface area (Å²) in [6.07, 6.45) is 0.0343. The van der Waals surface area contributed by atoms with E-state index in [1.54, 1.807) is 13.2 Å². The number of hydrogen-bond acceptors (Lipinski definition) is 10. The van der Waals surface area contributed by atoms with Gasteiger partial charge in [0.25, 0.3) is 0 Å². The maximum Gasteiger partial charge on any atom is 0.519 e. The number of amides is 1. The minimum absolute atomic E-state index is 0.154. The molecule has 0 aromatic carbocycles. The van der Waals surface area contributed by atoms with E-state index < -0.39 is 47.8 Å². The van der Waals surface area contributed by atoms with Crippen LogP contribution in [0, 0.1) is 18.8 Å². The summed E-state index contributed by atoms with van der Waals surface area (Å²) < 4.78 is 29.0.